The van der Waals surface area contributed by atoms with Crippen molar-refractivity contribution >= 4 is 23.2 Å². The van der Waals surface area contributed by atoms with Crippen molar-refractivity contribution in [1.29, 1.82) is 0 Å². The number of nitrogens with one attached hydrogen (secondary N) is 1. The molecule has 7 heteroatoms. The number of nitrogens with zero attached hydrogens (tertiary/aromatic N) is 3. The minimum Gasteiger partial charge on any atom is -0.374 e. The van der Waals surface area contributed by atoms with Crippen LogP contribution < -0.4 is 5.32 Å². The van der Waals surface area contributed by atoms with Gasteiger partial charge in [-0.05, 0) is 48.6 Å². The third kappa shape index (κ3) is 4.49. The number of carbonyl (C=O) groups is 1. The molecule has 156 valence electrons. The summed E-state index contributed by atoms with van der Waals surface area (Å²) in [7, 11) is 1.90. The second-order valence-electron chi connectivity index (χ2n) is 7.72. The topological polar surface area (TPSA) is 48.5 Å². The first-order chi connectivity index (χ1) is 14.5. The van der Waals surface area contributed by atoms with E-state index in [1.54, 1.807) is 12.4 Å². The van der Waals surface area contributed by atoms with E-state index in [0.29, 0.717) is 41.9 Å². The van der Waals surface area contributed by atoms with Crippen LogP contribution in [0.25, 0.3) is 0 Å². The Morgan fingerprint density at radius 1 is 1.20 bits per heavy atom. The summed E-state index contributed by atoms with van der Waals surface area (Å²) in [5.41, 5.74) is 3.09. The molecule has 1 saturated heterocycles. The Morgan fingerprint density at radius 2 is 1.93 bits per heavy atom. The quantitative estimate of drug-likeness (QED) is 0.791. The molecule has 1 fully saturated rings. The van der Waals surface area contributed by atoms with Crippen LogP contribution in [-0.4, -0.2) is 47.4 Å². The molecule has 1 aromatic carbocycles. The van der Waals surface area contributed by atoms with Crippen molar-refractivity contribution in [1.82, 2.24) is 14.8 Å². The summed E-state index contributed by atoms with van der Waals surface area (Å²) in [5.74, 6) is 0.0745. The Balaban J connectivity index is 1.48. The van der Waals surface area contributed by atoms with Crippen LogP contribution in [0, 0.1) is 5.82 Å². The molecule has 1 amide bonds. The Morgan fingerprint density at radius 3 is 2.60 bits per heavy atom. The highest BCUT2D eigenvalue weighted by molar-refractivity contribution is 6.31. The molecule has 1 aromatic heterocycles. The number of benzene rings is 1. The van der Waals surface area contributed by atoms with Crippen LogP contribution in [0.5, 0.6) is 0 Å². The van der Waals surface area contributed by atoms with Crippen molar-refractivity contribution in [2.75, 3.05) is 32.0 Å². The molecule has 0 radical (unpaired) electrons. The summed E-state index contributed by atoms with van der Waals surface area (Å²) in [4.78, 5) is 21.3. The van der Waals surface area contributed by atoms with E-state index in [1.807, 2.05) is 47.3 Å². The molecule has 2 aliphatic heterocycles. The number of hydrogen-bond acceptors (Lipinski definition) is 4. The number of hydrogen-bond donors (Lipinski definition) is 1. The number of halogens is 2. The molecule has 0 atom stereocenters. The monoisotopic (exact) mass is 426 g/mol. The van der Waals surface area contributed by atoms with Crippen molar-refractivity contribution in [2.45, 2.75) is 18.8 Å². The molecule has 1 N–H and O–H groups in total. The minimum atomic E-state index is -0.225. The zero-order chi connectivity index (χ0) is 21.1. The summed E-state index contributed by atoms with van der Waals surface area (Å²) < 4.78 is 13.2. The van der Waals surface area contributed by atoms with E-state index in [1.165, 1.54) is 12.1 Å². The van der Waals surface area contributed by atoms with Crippen LogP contribution in [-0.2, 0) is 4.79 Å². The molecule has 2 aromatic rings. The van der Waals surface area contributed by atoms with Gasteiger partial charge in [-0.3, -0.25) is 9.78 Å². The number of aromatic nitrogens is 1. The second-order valence-corrected chi connectivity index (χ2v) is 8.18. The van der Waals surface area contributed by atoms with Gasteiger partial charge in [0, 0.05) is 32.5 Å². The van der Waals surface area contributed by atoms with E-state index in [9.17, 15) is 9.18 Å². The molecular weight excluding hydrogens is 403 g/mol. The fraction of sp³-hybridized carbons (Fsp3) is 0.304. The Bertz CT molecular complexity index is 966. The first-order valence-corrected chi connectivity index (χ1v) is 10.4. The van der Waals surface area contributed by atoms with E-state index < -0.39 is 0 Å². The van der Waals surface area contributed by atoms with Crippen molar-refractivity contribution in [3.63, 3.8) is 0 Å². The van der Waals surface area contributed by atoms with Crippen LogP contribution in [0.2, 0.25) is 0 Å². The third-order valence-corrected chi connectivity index (χ3v) is 5.87. The number of amides is 1. The SMILES string of the molecule is CN1C=C(C(=O)N2CCC(c3ccc(F)cc3)CC2)C(Nc2cccnc2)=C(Cl)C1. The number of carbonyl (C=O) groups excluding carboxylic acids is 1. The highest BCUT2D eigenvalue weighted by Gasteiger charge is 2.30. The van der Waals surface area contributed by atoms with Gasteiger partial charge in [-0.2, -0.15) is 0 Å². The highest BCUT2D eigenvalue weighted by Crippen LogP contribution is 2.31. The average molecular weight is 427 g/mol. The van der Waals surface area contributed by atoms with Gasteiger partial charge in [-0.15, -0.1) is 0 Å². The van der Waals surface area contributed by atoms with Crippen molar-refractivity contribution in [3.8, 4) is 0 Å². The zero-order valence-corrected chi connectivity index (χ0v) is 17.6. The van der Waals surface area contributed by atoms with E-state index in [-0.39, 0.29) is 11.7 Å². The highest BCUT2D eigenvalue weighted by atomic mass is 35.5. The first kappa shape index (κ1) is 20.4. The van der Waals surface area contributed by atoms with Gasteiger partial charge in [0.1, 0.15) is 5.82 Å². The van der Waals surface area contributed by atoms with Gasteiger partial charge in [-0.25, -0.2) is 4.39 Å². The molecule has 30 heavy (non-hydrogen) atoms. The first-order valence-electron chi connectivity index (χ1n) is 10.0. The lowest BCUT2D eigenvalue weighted by atomic mass is 9.89. The van der Waals surface area contributed by atoms with Gasteiger partial charge in [-0.1, -0.05) is 23.7 Å². The molecule has 4 rings (SSSR count). The Labute approximate surface area is 180 Å². The molecular formula is C23H24ClFN4O. The largest absolute Gasteiger partial charge is 0.374 e. The van der Waals surface area contributed by atoms with Gasteiger partial charge in [0.25, 0.3) is 5.91 Å². The number of anilines is 1. The maximum absolute atomic E-state index is 13.4. The predicted molar refractivity (Wildman–Crippen MR) is 116 cm³/mol. The number of likely N-dealkylation sites (N-methyl/N-ethyl adjacent to an activating group) is 1. The van der Waals surface area contributed by atoms with Gasteiger partial charge < -0.3 is 15.1 Å². The fourth-order valence-corrected chi connectivity index (χ4v) is 4.31. The summed E-state index contributed by atoms with van der Waals surface area (Å²) in [6.07, 6.45) is 6.94. The van der Waals surface area contributed by atoms with Crippen LogP contribution in [0.4, 0.5) is 10.1 Å². The summed E-state index contributed by atoms with van der Waals surface area (Å²) >= 11 is 6.53. The van der Waals surface area contributed by atoms with E-state index in [2.05, 4.69) is 10.3 Å². The Hall–Kier alpha value is -2.86. The van der Waals surface area contributed by atoms with E-state index in [0.717, 1.165) is 24.1 Å². The van der Waals surface area contributed by atoms with Crippen molar-refractivity contribution in [3.05, 3.63) is 82.7 Å². The maximum Gasteiger partial charge on any atom is 0.257 e. The van der Waals surface area contributed by atoms with Crippen LogP contribution in [0.3, 0.4) is 0 Å². The summed E-state index contributed by atoms with van der Waals surface area (Å²) in [6.45, 7) is 1.84. The molecule has 0 unspecified atom stereocenters. The number of pyridine rings is 1. The molecule has 0 aliphatic carbocycles. The van der Waals surface area contributed by atoms with Crippen LogP contribution >= 0.6 is 11.6 Å². The summed E-state index contributed by atoms with van der Waals surface area (Å²) in [5, 5.41) is 3.86. The van der Waals surface area contributed by atoms with Crippen molar-refractivity contribution < 1.29 is 9.18 Å². The molecule has 0 spiro atoms. The minimum absolute atomic E-state index is 0.0383. The smallest absolute Gasteiger partial charge is 0.257 e. The molecule has 5 nitrogen and oxygen atoms in total. The lowest BCUT2D eigenvalue weighted by Crippen LogP contribution is -2.40. The van der Waals surface area contributed by atoms with Crippen LogP contribution in [0.15, 0.2) is 71.3 Å². The third-order valence-electron chi connectivity index (χ3n) is 5.56. The zero-order valence-electron chi connectivity index (χ0n) is 16.8. The average Bonchev–Trinajstić information content (AvgIpc) is 2.76. The van der Waals surface area contributed by atoms with Gasteiger partial charge in [0.05, 0.1) is 34.7 Å². The molecule has 0 saturated carbocycles. The molecule has 2 aliphatic rings. The van der Waals surface area contributed by atoms with Crippen LogP contribution in [0.1, 0.15) is 24.3 Å². The number of piperidine rings is 1. The van der Waals surface area contributed by atoms with Gasteiger partial charge in [0.2, 0.25) is 0 Å². The standard InChI is InChI=1S/C23H24ClFN4O/c1-28-14-20(22(21(24)15-28)27-19-3-2-10-26-13-19)23(30)29-11-8-17(9-12-29)16-4-6-18(25)7-5-16/h2-7,10,13-14,17,27H,8-9,11-12,15H2,1H3. The predicted octanol–water partition coefficient (Wildman–Crippen LogP) is 4.32. The number of likely N-dealkylation sites (tertiary alicyclic amines) is 1. The molecule has 0 bridgehead atoms. The lowest BCUT2D eigenvalue weighted by molar-refractivity contribution is -0.128. The normalized spacial score (nSPS) is 17.8. The lowest BCUT2D eigenvalue weighted by Gasteiger charge is -2.34. The molecule has 3 heterocycles. The fourth-order valence-electron chi connectivity index (χ4n) is 3.97. The van der Waals surface area contributed by atoms with E-state index in [4.69, 9.17) is 11.6 Å². The van der Waals surface area contributed by atoms with Gasteiger partial charge >= 0.3 is 0 Å². The Kier molecular flexibility index (Phi) is 6.04. The van der Waals surface area contributed by atoms with Crippen molar-refractivity contribution in [2.24, 2.45) is 0 Å². The second kappa shape index (κ2) is 8.88. The van der Waals surface area contributed by atoms with Gasteiger partial charge in [0.15, 0.2) is 0 Å². The summed E-state index contributed by atoms with van der Waals surface area (Å²) in [6, 6.07) is 10.4. The maximum atomic E-state index is 13.4. The number of rotatable bonds is 4. The van der Waals surface area contributed by atoms with E-state index >= 15 is 0 Å².